The van der Waals surface area contributed by atoms with Crippen LogP contribution in [-0.4, -0.2) is 575 Å². The van der Waals surface area contributed by atoms with Gasteiger partial charge < -0.3 is 146 Å². The van der Waals surface area contributed by atoms with Gasteiger partial charge in [-0.25, -0.2) is 0 Å². The predicted molar refractivity (Wildman–Crippen MR) is 446 cm³/mol. The number of carboxylic acid groups (broad SMARTS) is 10. The SMILES string of the molecule is CC(=O)CN1CCN(CC(=O)[O-])CCN(CC(=O)[O-])CCN(CC(O)NCC(=O)NCC(CNC(=O)CNC(=O)CN2CCN(CC(=O)[O-])CCN(CC(=O)[O-])CCN(CC(=O)[O-])CC2)(CNC(=O)CNC(=O)CN2CCN(CC(=O)[O-])CCN(CC(=O)[O-])CCN(CC(=O)[O-])CC2)CNC(=O)CNC(=O)CN2CCN(CC(=O)[O-])CCN(CC(=O)[O-])CCN(CC3OC3C)CC2)CC1. The molecule has 5 heterocycles. The van der Waals surface area contributed by atoms with E-state index >= 15 is 0 Å². The van der Waals surface area contributed by atoms with Gasteiger partial charge in [-0.3, -0.25) is 122 Å². The van der Waals surface area contributed by atoms with E-state index in [0.717, 1.165) is 0 Å². The largest absolute Gasteiger partial charge is 0.549 e. The predicted octanol–water partition coefficient (Wildman–Crippen LogP) is -27.5. The number of rotatable bonds is 49. The molecule has 760 valence electrons. The summed E-state index contributed by atoms with van der Waals surface area (Å²) in [6, 6.07) is 0. The smallest absolute Gasteiger partial charge is 0.239 e. The molecular formula is C80H130N24O30-10. The van der Waals surface area contributed by atoms with Crippen LogP contribution < -0.4 is 93.6 Å². The van der Waals surface area contributed by atoms with Crippen molar-refractivity contribution in [3.8, 4) is 0 Å². The van der Waals surface area contributed by atoms with Crippen molar-refractivity contribution in [1.82, 2.24) is 121 Å². The van der Waals surface area contributed by atoms with Gasteiger partial charge in [0.25, 0.3) is 0 Å². The molecule has 5 aliphatic rings. The Kier molecular flexibility index (Phi) is 52.8. The van der Waals surface area contributed by atoms with Crippen LogP contribution in [-0.2, 0) is 91.0 Å². The fraction of sp³-hybridized carbons (Fsp3) is 0.775. The van der Waals surface area contributed by atoms with E-state index in [0.29, 0.717) is 19.6 Å². The van der Waals surface area contributed by atoms with Crippen molar-refractivity contribution in [3.63, 3.8) is 0 Å². The van der Waals surface area contributed by atoms with E-state index in [2.05, 4.69) is 42.5 Å². The van der Waals surface area contributed by atoms with Crippen LogP contribution in [0.3, 0.4) is 0 Å². The van der Waals surface area contributed by atoms with Crippen molar-refractivity contribution in [3.05, 3.63) is 0 Å². The van der Waals surface area contributed by atoms with Gasteiger partial charge in [-0.05, 0) is 13.8 Å². The van der Waals surface area contributed by atoms with Crippen molar-refractivity contribution in [2.24, 2.45) is 5.41 Å². The fourth-order valence-electron chi connectivity index (χ4n) is 15.3. The monoisotopic (exact) mass is 1910 g/mol. The Balaban J connectivity index is 1.48. The lowest BCUT2D eigenvalue weighted by atomic mass is 9.86. The summed E-state index contributed by atoms with van der Waals surface area (Å²) in [5, 5.41) is 151. The zero-order valence-electron chi connectivity index (χ0n) is 76.3. The van der Waals surface area contributed by atoms with Crippen molar-refractivity contribution < 1.29 is 147 Å². The fourth-order valence-corrected chi connectivity index (χ4v) is 15.3. The van der Waals surface area contributed by atoms with Gasteiger partial charge in [0.1, 0.15) is 12.0 Å². The number of carbonyl (C=O) groups is 18. The molecule has 54 nitrogen and oxygen atoms in total. The average Bonchev–Trinajstić information content (AvgIpc) is 1.66. The number of nitrogens with one attached hydrogen (secondary N) is 8. The van der Waals surface area contributed by atoms with E-state index in [9.17, 15) is 142 Å². The highest BCUT2D eigenvalue weighted by Crippen LogP contribution is 2.22. The molecular weight excluding hydrogens is 1780 g/mol. The molecule has 3 atom stereocenters. The number of ether oxygens (including phenoxy) is 1. The van der Waals surface area contributed by atoms with Gasteiger partial charge in [-0.2, -0.15) is 0 Å². The average molecular weight is 1910 g/mol. The van der Waals surface area contributed by atoms with E-state index in [-0.39, 0.29) is 234 Å². The normalized spacial score (nSPS) is 20.3. The first-order valence-corrected chi connectivity index (χ1v) is 44.5. The van der Waals surface area contributed by atoms with Crippen LogP contribution in [0.2, 0.25) is 0 Å². The Morgan fingerprint density at radius 3 is 0.619 bits per heavy atom. The molecule has 0 aromatic carbocycles. The number of epoxide rings is 1. The number of amides is 7. The summed E-state index contributed by atoms with van der Waals surface area (Å²) in [7, 11) is 0. The number of Topliss-reactive ketones (excluding diaryl/α,β-unsaturated/α-hetero) is 1. The van der Waals surface area contributed by atoms with Crippen LogP contribution in [0.5, 0.6) is 0 Å². The van der Waals surface area contributed by atoms with Crippen molar-refractivity contribution in [2.45, 2.75) is 32.3 Å². The van der Waals surface area contributed by atoms with Crippen LogP contribution in [0.15, 0.2) is 0 Å². The zero-order chi connectivity index (χ0) is 98.8. The summed E-state index contributed by atoms with van der Waals surface area (Å²) in [5.41, 5.74) is -1.82. The van der Waals surface area contributed by atoms with E-state index < -0.39 is 244 Å². The summed E-state index contributed by atoms with van der Waals surface area (Å²) in [5.74, 6) is -20.5. The lowest BCUT2D eigenvalue weighted by molar-refractivity contribution is -0.308. The first-order valence-electron chi connectivity index (χ1n) is 44.5. The molecule has 5 saturated heterocycles. The summed E-state index contributed by atoms with van der Waals surface area (Å²) < 4.78 is 5.69. The van der Waals surface area contributed by atoms with E-state index in [1.165, 1.54) is 55.9 Å². The van der Waals surface area contributed by atoms with Crippen LogP contribution in [0.4, 0.5) is 0 Å². The highest BCUT2D eigenvalue weighted by atomic mass is 16.6. The second-order valence-corrected chi connectivity index (χ2v) is 34.1. The quantitative estimate of drug-likeness (QED) is 0.0202. The Bertz CT molecular complexity index is 3620. The molecule has 0 bridgehead atoms. The number of carboxylic acids is 10. The molecule has 3 unspecified atom stereocenters. The van der Waals surface area contributed by atoms with Crippen molar-refractivity contribution in [1.29, 1.82) is 0 Å². The van der Waals surface area contributed by atoms with Gasteiger partial charge >= 0.3 is 0 Å². The van der Waals surface area contributed by atoms with E-state index in [1.54, 1.807) is 24.5 Å². The summed E-state index contributed by atoms with van der Waals surface area (Å²) >= 11 is 0. The number of aliphatic hydroxyl groups is 1. The lowest BCUT2D eigenvalue weighted by Gasteiger charge is -2.35. The Morgan fingerprint density at radius 1 is 0.261 bits per heavy atom. The maximum Gasteiger partial charge on any atom is 0.239 e. The van der Waals surface area contributed by atoms with Gasteiger partial charge in [0, 0.05) is 320 Å². The topological polar surface area (TPSA) is 719 Å². The number of hydrogen-bond acceptors (Lipinski definition) is 47. The molecule has 0 aliphatic carbocycles. The summed E-state index contributed by atoms with van der Waals surface area (Å²) in [4.78, 5) is 255. The highest BCUT2D eigenvalue weighted by Gasteiger charge is 2.37. The molecule has 9 N–H and O–H groups in total. The molecule has 5 rings (SSSR count). The zero-order valence-corrected chi connectivity index (χ0v) is 76.3. The van der Waals surface area contributed by atoms with Crippen LogP contribution in [0.25, 0.3) is 0 Å². The molecule has 7 amide bonds. The number of aliphatic hydroxyl groups excluding tert-OH is 1. The van der Waals surface area contributed by atoms with Gasteiger partial charge in [0.15, 0.2) is 0 Å². The molecule has 0 spiro atoms. The van der Waals surface area contributed by atoms with Gasteiger partial charge in [0.2, 0.25) is 41.4 Å². The number of ketones is 1. The Hall–Kier alpha value is -10.1. The summed E-state index contributed by atoms with van der Waals surface area (Å²) in [6.45, 7) is -6.95. The molecule has 0 aromatic heterocycles. The minimum atomic E-state index is -1.82. The lowest BCUT2D eigenvalue weighted by Crippen LogP contribution is -2.59. The number of nitrogens with zero attached hydrogens (tertiary/aromatic N) is 16. The molecule has 0 saturated carbocycles. The maximum absolute atomic E-state index is 14.3. The van der Waals surface area contributed by atoms with Gasteiger partial charge in [-0.1, -0.05) is 0 Å². The van der Waals surface area contributed by atoms with Gasteiger partial charge in [0.05, 0.1) is 124 Å². The first kappa shape index (κ1) is 114. The molecule has 5 aliphatic heterocycles. The second kappa shape index (κ2) is 61.8. The van der Waals surface area contributed by atoms with E-state index in [1.807, 2.05) is 11.8 Å². The molecule has 54 heteroatoms. The minimum Gasteiger partial charge on any atom is -0.549 e. The van der Waals surface area contributed by atoms with Crippen LogP contribution >= 0.6 is 0 Å². The standard InChI is InChI=1S/C80H140N24O30/c1-59(105)39-89-3-7-91(9-17-97(47-72(118)119)25-23-95(15-4-89)45-70(114)115)41-66(110)81-35-62(106)85-55-80(57-87-64(108)37-83-68(112)43-93-11-19-99(49-74(122)123)27-31-103(53-78(130)131)32-28-100(20-12-93)50-75(124)125,58-88-65(109)38-84-69(113)44-94-13-21-101(51-76(126)127)29-33-104(54-79(132)133)34-30-102(22-14-94)52-77(128)129)56-86-63(107)36-82-67(111)42-92-8-5-90(40-61-60(2)134-61)6-16-96(46-71(116)117)24-26-98(18-10-92)48-73(120)121/h60-61,66,81,110H,3-58H2,1-2H3,(H,82,111)(H,83,112)(H,84,113)(H,85,106)(H,86,107)(H,87,108)(H,88,109)(H,114,115)(H,116,117)(H,118,119)(H,120,121)(H,122,123)(H,124,125)(H,126,127)(H,128,129)(H,130,131)(H,132,133)/p-10. The third kappa shape index (κ3) is 52.7. The Labute approximate surface area is 776 Å². The van der Waals surface area contributed by atoms with Crippen molar-refractivity contribution in [2.75, 3.05) is 367 Å². The molecule has 134 heavy (non-hydrogen) atoms. The molecule has 0 aromatic rings. The number of aliphatic carboxylic acids is 10. The number of carbonyl (C=O) groups excluding carboxylic acids is 18. The molecule has 0 radical (unpaired) electrons. The minimum absolute atomic E-state index is 0.00103. The maximum atomic E-state index is 14.3. The number of β-amino-alcohol motifs (C(OH)–C–C–N with tert-alkyl or cyclic N) is 1. The van der Waals surface area contributed by atoms with Gasteiger partial charge in [-0.15, -0.1) is 0 Å². The second-order valence-electron chi connectivity index (χ2n) is 34.1. The first-order chi connectivity index (χ1) is 63.5. The highest BCUT2D eigenvalue weighted by molar-refractivity contribution is 5.88. The van der Waals surface area contributed by atoms with Crippen LogP contribution in [0.1, 0.15) is 13.8 Å². The molecule has 5 fully saturated rings. The van der Waals surface area contributed by atoms with Crippen molar-refractivity contribution >= 4 is 107 Å². The third-order valence-electron chi connectivity index (χ3n) is 23.0. The van der Waals surface area contributed by atoms with Crippen LogP contribution in [0, 0.1) is 5.41 Å². The third-order valence-corrected chi connectivity index (χ3v) is 23.0. The summed E-state index contributed by atoms with van der Waals surface area (Å²) in [6.07, 6.45) is -1.72. The van der Waals surface area contributed by atoms with E-state index in [4.69, 9.17) is 4.74 Å². The Morgan fingerprint density at radius 2 is 0.433 bits per heavy atom. The number of hydrogen-bond donors (Lipinski definition) is 9.